The van der Waals surface area contributed by atoms with Crippen molar-refractivity contribution in [2.75, 3.05) is 6.61 Å². The van der Waals surface area contributed by atoms with Crippen LogP contribution in [-0.4, -0.2) is 54.2 Å². The lowest BCUT2D eigenvalue weighted by Gasteiger charge is -2.68. The average Bonchev–Trinajstić information content (AvgIpc) is 3.09. The summed E-state index contributed by atoms with van der Waals surface area (Å²) in [6.07, 6.45) is 5.31. The summed E-state index contributed by atoms with van der Waals surface area (Å²) in [5, 5.41) is 11.3. The molecule has 0 aromatic heterocycles. The predicted molar refractivity (Wildman–Crippen MR) is 99.2 cm³/mol. The Balaban J connectivity index is 1.46. The first-order chi connectivity index (χ1) is 13.8. The summed E-state index contributed by atoms with van der Waals surface area (Å²) in [6, 6.07) is 0. The molecule has 0 aromatic rings. The molecule has 29 heavy (non-hydrogen) atoms. The number of aliphatic hydroxyl groups excluding tert-OH is 1. The lowest BCUT2D eigenvalue weighted by Crippen LogP contribution is -2.76. The van der Waals surface area contributed by atoms with Gasteiger partial charge < -0.3 is 28.8 Å². The minimum Gasteiger partial charge on any atom is -0.472 e. The Bertz CT molecular complexity index is 762. The number of carbonyl (C=O) groups excluding carboxylic acids is 1. The van der Waals surface area contributed by atoms with Crippen LogP contribution in [0.15, 0.2) is 12.3 Å². The second kappa shape index (κ2) is 5.75. The number of epoxide rings is 1. The Morgan fingerprint density at radius 2 is 2.03 bits per heavy atom. The van der Waals surface area contributed by atoms with Gasteiger partial charge in [-0.1, -0.05) is 13.8 Å². The zero-order valence-corrected chi connectivity index (χ0v) is 17.2. The van der Waals surface area contributed by atoms with E-state index in [1.165, 1.54) is 6.92 Å². The van der Waals surface area contributed by atoms with Gasteiger partial charge in [0.25, 0.3) is 0 Å². The van der Waals surface area contributed by atoms with Crippen molar-refractivity contribution in [3.05, 3.63) is 12.3 Å². The minimum atomic E-state index is -1.00. The number of esters is 1. The fourth-order valence-electron chi connectivity index (χ4n) is 7.70. The third-order valence-electron chi connectivity index (χ3n) is 9.23. The van der Waals surface area contributed by atoms with Crippen LogP contribution in [0.3, 0.4) is 0 Å². The van der Waals surface area contributed by atoms with Crippen molar-refractivity contribution in [2.24, 2.45) is 28.6 Å². The fraction of sp³-hybridized carbons (Fsp3) is 0.864. The smallest absolute Gasteiger partial charge is 0.302 e. The maximum atomic E-state index is 12.0. The molecule has 2 aliphatic carbocycles. The number of carbonyl (C=O) groups is 1. The molecule has 4 saturated heterocycles. The van der Waals surface area contributed by atoms with Crippen molar-refractivity contribution in [3.8, 4) is 0 Å². The molecule has 7 heteroatoms. The molecule has 2 spiro atoms. The van der Waals surface area contributed by atoms with E-state index < -0.39 is 23.4 Å². The molecule has 5 aliphatic heterocycles. The second-order valence-corrected chi connectivity index (χ2v) is 10.3. The normalized spacial score (nSPS) is 59.3. The number of rotatable bonds is 2. The molecule has 0 amide bonds. The van der Waals surface area contributed by atoms with Gasteiger partial charge >= 0.3 is 5.97 Å². The molecule has 7 aliphatic rings. The summed E-state index contributed by atoms with van der Waals surface area (Å²) in [4.78, 5) is 12.0. The topological polar surface area (TPSA) is 86.8 Å². The average molecular weight is 406 g/mol. The molecule has 5 heterocycles. The summed E-state index contributed by atoms with van der Waals surface area (Å²) >= 11 is 0. The van der Waals surface area contributed by atoms with Gasteiger partial charge in [-0.2, -0.15) is 0 Å². The van der Waals surface area contributed by atoms with Gasteiger partial charge in [0.2, 0.25) is 6.29 Å². The van der Waals surface area contributed by atoms with E-state index in [1.807, 2.05) is 0 Å². The molecule has 2 bridgehead atoms. The third-order valence-corrected chi connectivity index (χ3v) is 9.23. The molecule has 11 unspecified atom stereocenters. The van der Waals surface area contributed by atoms with Gasteiger partial charge in [0.15, 0.2) is 6.29 Å². The highest BCUT2D eigenvalue weighted by molar-refractivity contribution is 5.66. The molecule has 2 saturated carbocycles. The number of ether oxygens (including phenoxy) is 5. The van der Waals surface area contributed by atoms with Crippen LogP contribution >= 0.6 is 0 Å². The summed E-state index contributed by atoms with van der Waals surface area (Å²) in [5.74, 6) is 0.276. The highest BCUT2D eigenvalue weighted by Gasteiger charge is 2.82. The Labute approximate surface area is 170 Å². The Kier molecular flexibility index (Phi) is 3.69. The van der Waals surface area contributed by atoms with E-state index in [0.29, 0.717) is 13.0 Å². The highest BCUT2D eigenvalue weighted by Crippen LogP contribution is 2.73. The second-order valence-electron chi connectivity index (χ2n) is 10.3. The first kappa shape index (κ1) is 18.6. The summed E-state index contributed by atoms with van der Waals surface area (Å²) in [6.45, 7) is 6.56. The van der Waals surface area contributed by atoms with Crippen LogP contribution in [0.5, 0.6) is 0 Å². The molecular weight excluding hydrogens is 376 g/mol. The monoisotopic (exact) mass is 406 g/mol. The fourth-order valence-corrected chi connectivity index (χ4v) is 7.70. The Hall–Kier alpha value is -1.15. The maximum absolute atomic E-state index is 12.0. The first-order valence-electron chi connectivity index (χ1n) is 10.9. The van der Waals surface area contributed by atoms with Crippen LogP contribution in [0.25, 0.3) is 0 Å². The lowest BCUT2D eigenvalue weighted by molar-refractivity contribution is -0.375. The van der Waals surface area contributed by atoms with Crippen molar-refractivity contribution < 1.29 is 33.6 Å². The highest BCUT2D eigenvalue weighted by atomic mass is 16.7. The summed E-state index contributed by atoms with van der Waals surface area (Å²) < 4.78 is 30.1. The Morgan fingerprint density at radius 3 is 2.72 bits per heavy atom. The van der Waals surface area contributed by atoms with Crippen LogP contribution in [-0.2, 0) is 28.5 Å². The van der Waals surface area contributed by atoms with E-state index in [0.717, 1.165) is 19.3 Å². The van der Waals surface area contributed by atoms with Crippen molar-refractivity contribution >= 4 is 5.97 Å². The SMILES string of the molecule is CC(=O)OC1CC(C)C(C)(C2CC3C=COC3O2)C2CC3CC4(CO4)C12C(O)O3. The van der Waals surface area contributed by atoms with Gasteiger partial charge in [-0.3, -0.25) is 4.79 Å². The van der Waals surface area contributed by atoms with Crippen LogP contribution < -0.4 is 0 Å². The van der Waals surface area contributed by atoms with Gasteiger partial charge in [-0.25, -0.2) is 0 Å². The molecule has 160 valence electrons. The molecule has 11 atom stereocenters. The molecule has 7 rings (SSSR count). The van der Waals surface area contributed by atoms with Gasteiger partial charge in [0, 0.05) is 24.7 Å². The van der Waals surface area contributed by atoms with Crippen molar-refractivity contribution in [1.82, 2.24) is 0 Å². The lowest BCUT2D eigenvalue weighted by atomic mass is 9.40. The molecule has 0 radical (unpaired) electrons. The zero-order chi connectivity index (χ0) is 20.2. The van der Waals surface area contributed by atoms with Gasteiger partial charge in [-0.15, -0.1) is 0 Å². The Morgan fingerprint density at radius 1 is 1.24 bits per heavy atom. The number of aliphatic hydroxyl groups is 1. The molecule has 1 N–H and O–H groups in total. The summed E-state index contributed by atoms with van der Waals surface area (Å²) in [7, 11) is 0. The van der Waals surface area contributed by atoms with E-state index >= 15 is 0 Å². The zero-order valence-electron chi connectivity index (χ0n) is 17.2. The molecule has 6 fully saturated rings. The van der Waals surface area contributed by atoms with E-state index in [2.05, 4.69) is 19.9 Å². The summed E-state index contributed by atoms with van der Waals surface area (Å²) in [5.41, 5.74) is -1.43. The van der Waals surface area contributed by atoms with E-state index in [4.69, 9.17) is 23.7 Å². The third kappa shape index (κ3) is 2.15. The quantitative estimate of drug-likeness (QED) is 0.555. The molecular formula is C22H30O7. The maximum Gasteiger partial charge on any atom is 0.302 e. The molecule has 7 nitrogen and oxygen atoms in total. The van der Waals surface area contributed by atoms with Crippen LogP contribution in [0.4, 0.5) is 0 Å². The largest absolute Gasteiger partial charge is 0.472 e. The van der Waals surface area contributed by atoms with E-state index in [-0.39, 0.29) is 47.6 Å². The van der Waals surface area contributed by atoms with E-state index in [9.17, 15) is 9.90 Å². The van der Waals surface area contributed by atoms with Crippen LogP contribution in [0.1, 0.15) is 46.5 Å². The van der Waals surface area contributed by atoms with Crippen molar-refractivity contribution in [1.29, 1.82) is 0 Å². The van der Waals surface area contributed by atoms with Crippen LogP contribution in [0.2, 0.25) is 0 Å². The van der Waals surface area contributed by atoms with Crippen LogP contribution in [0, 0.1) is 28.6 Å². The van der Waals surface area contributed by atoms with Crippen molar-refractivity contribution in [2.45, 2.75) is 82.9 Å². The number of hydrogen-bond donors (Lipinski definition) is 1. The number of fused-ring (bicyclic) bond motifs is 2. The minimum absolute atomic E-state index is 0.0138. The number of hydrogen-bond acceptors (Lipinski definition) is 7. The van der Waals surface area contributed by atoms with Crippen molar-refractivity contribution in [3.63, 3.8) is 0 Å². The van der Waals surface area contributed by atoms with Gasteiger partial charge in [0.1, 0.15) is 11.7 Å². The van der Waals surface area contributed by atoms with Gasteiger partial charge in [-0.05, 0) is 37.2 Å². The predicted octanol–water partition coefficient (Wildman–Crippen LogP) is 2.12. The van der Waals surface area contributed by atoms with E-state index in [1.54, 1.807) is 6.26 Å². The standard InChI is InChI=1S/C22H30O7/c1-11-6-17(27-12(2)23)22-15(8-14(28-19(22)24)9-21(22)10-26-21)20(11,3)16-7-13-4-5-25-18(13)29-16/h4-5,11,13-19,24H,6-10H2,1-3H3. The first-order valence-corrected chi connectivity index (χ1v) is 10.9. The molecule has 0 aromatic carbocycles. The van der Waals surface area contributed by atoms with Gasteiger partial charge in [0.05, 0.1) is 30.5 Å².